The largest absolute Gasteiger partial charge is 0.331 e. The lowest BCUT2D eigenvalue weighted by Gasteiger charge is -2.15. The molecule has 0 aromatic heterocycles. The number of halogens is 1. The second kappa shape index (κ2) is 6.50. The van der Waals surface area contributed by atoms with E-state index in [1.54, 1.807) is 6.07 Å². The first-order chi connectivity index (χ1) is 11.0. The zero-order valence-electron chi connectivity index (χ0n) is 12.6. The fourth-order valence-corrected chi connectivity index (χ4v) is 3.44. The van der Waals surface area contributed by atoms with E-state index in [0.717, 1.165) is 18.4 Å². The molecule has 2 aromatic carbocycles. The predicted octanol–water partition coefficient (Wildman–Crippen LogP) is 3.37. The molecule has 3 rings (SSSR count). The van der Waals surface area contributed by atoms with Gasteiger partial charge in [0.2, 0.25) is 0 Å². The second-order valence-corrected chi connectivity index (χ2v) is 6.84. The van der Waals surface area contributed by atoms with Crippen LogP contribution in [0.4, 0.5) is 14.9 Å². The third kappa shape index (κ3) is 3.42. The lowest BCUT2D eigenvalue weighted by molar-refractivity contribution is 0.248. The minimum Gasteiger partial charge on any atom is -0.331 e. The summed E-state index contributed by atoms with van der Waals surface area (Å²) in [6, 6.07) is 11.8. The molecule has 0 radical (unpaired) electrons. The Hall–Kier alpha value is -2.21. The monoisotopic (exact) mass is 332 g/mol. The lowest BCUT2D eigenvalue weighted by Crippen LogP contribution is -2.31. The average molecular weight is 332 g/mol. The van der Waals surface area contributed by atoms with E-state index in [1.807, 2.05) is 18.2 Å². The van der Waals surface area contributed by atoms with Crippen molar-refractivity contribution in [1.82, 2.24) is 5.32 Å². The molecule has 23 heavy (non-hydrogen) atoms. The van der Waals surface area contributed by atoms with Crippen LogP contribution in [0.15, 0.2) is 47.4 Å². The number of fused-ring (bicyclic) bond motifs is 1. The maximum atomic E-state index is 13.8. The Morgan fingerprint density at radius 3 is 2.78 bits per heavy atom. The molecule has 2 atom stereocenters. The summed E-state index contributed by atoms with van der Waals surface area (Å²) in [6.45, 7) is 0. The van der Waals surface area contributed by atoms with Gasteiger partial charge in [-0.1, -0.05) is 24.3 Å². The van der Waals surface area contributed by atoms with Gasteiger partial charge < -0.3 is 10.6 Å². The Kier molecular flexibility index (Phi) is 4.43. The van der Waals surface area contributed by atoms with Gasteiger partial charge in [0, 0.05) is 11.9 Å². The van der Waals surface area contributed by atoms with Gasteiger partial charge in [-0.25, -0.2) is 9.18 Å². The van der Waals surface area contributed by atoms with Gasteiger partial charge in [0.25, 0.3) is 0 Å². The first-order valence-corrected chi connectivity index (χ1v) is 8.88. The van der Waals surface area contributed by atoms with Crippen LogP contribution in [0.1, 0.15) is 23.6 Å². The number of carbonyl (C=O) groups excluding carboxylic acids is 1. The summed E-state index contributed by atoms with van der Waals surface area (Å²) in [6.07, 6.45) is 3.21. The molecule has 6 heteroatoms. The van der Waals surface area contributed by atoms with Crippen LogP contribution in [0.25, 0.3) is 0 Å². The van der Waals surface area contributed by atoms with Gasteiger partial charge in [-0.3, -0.25) is 4.21 Å². The van der Waals surface area contributed by atoms with Gasteiger partial charge >= 0.3 is 6.03 Å². The summed E-state index contributed by atoms with van der Waals surface area (Å²) in [5.74, 6) is -0.588. The summed E-state index contributed by atoms with van der Waals surface area (Å²) >= 11 is 0. The Morgan fingerprint density at radius 1 is 1.26 bits per heavy atom. The van der Waals surface area contributed by atoms with Crippen molar-refractivity contribution in [1.29, 1.82) is 0 Å². The molecule has 1 aliphatic rings. The molecular weight excluding hydrogens is 315 g/mol. The van der Waals surface area contributed by atoms with Gasteiger partial charge in [0.1, 0.15) is 5.82 Å². The molecular formula is C17H17FN2O2S. The lowest BCUT2D eigenvalue weighted by atomic mass is 10.1. The molecule has 0 aliphatic heterocycles. The Labute approximate surface area is 136 Å². The standard InChI is InChI=1S/C17H17FN2O2S/c1-23(22)16-9-7-12(10-14(16)18)19-17(21)20-15-8-6-11-4-2-3-5-13(11)15/h2-5,7,9-10,15H,6,8H2,1H3,(H2,19,20,21). The maximum Gasteiger partial charge on any atom is 0.319 e. The van der Waals surface area contributed by atoms with Crippen LogP contribution in [0.3, 0.4) is 0 Å². The van der Waals surface area contributed by atoms with Crippen LogP contribution < -0.4 is 10.6 Å². The van der Waals surface area contributed by atoms with E-state index >= 15 is 0 Å². The molecule has 4 nitrogen and oxygen atoms in total. The number of urea groups is 1. The van der Waals surface area contributed by atoms with Crippen molar-refractivity contribution in [3.63, 3.8) is 0 Å². The summed E-state index contributed by atoms with van der Waals surface area (Å²) in [5.41, 5.74) is 2.71. The van der Waals surface area contributed by atoms with Crippen LogP contribution in [0.5, 0.6) is 0 Å². The third-order valence-electron chi connectivity index (χ3n) is 3.94. The Balaban J connectivity index is 1.67. The van der Waals surface area contributed by atoms with Crippen molar-refractivity contribution in [2.45, 2.75) is 23.8 Å². The first-order valence-electron chi connectivity index (χ1n) is 7.33. The zero-order chi connectivity index (χ0) is 16.4. The number of rotatable bonds is 3. The van der Waals surface area contributed by atoms with Crippen LogP contribution in [0.2, 0.25) is 0 Å². The number of nitrogens with one attached hydrogen (secondary N) is 2. The van der Waals surface area contributed by atoms with Gasteiger partial charge in [-0.15, -0.1) is 0 Å². The first kappa shape index (κ1) is 15.7. The van der Waals surface area contributed by atoms with Gasteiger partial charge in [0.05, 0.1) is 21.7 Å². The quantitative estimate of drug-likeness (QED) is 0.905. The number of anilines is 1. The predicted molar refractivity (Wildman–Crippen MR) is 88.4 cm³/mol. The maximum absolute atomic E-state index is 13.8. The van der Waals surface area contributed by atoms with E-state index in [4.69, 9.17) is 0 Å². The number of benzene rings is 2. The highest BCUT2D eigenvalue weighted by atomic mass is 32.2. The molecule has 0 heterocycles. The van der Waals surface area contributed by atoms with E-state index in [-0.39, 0.29) is 17.0 Å². The summed E-state index contributed by atoms with van der Waals surface area (Å²) in [5, 5.41) is 5.53. The summed E-state index contributed by atoms with van der Waals surface area (Å²) < 4.78 is 25.1. The number of aryl methyl sites for hydroxylation is 1. The van der Waals surface area contributed by atoms with E-state index in [2.05, 4.69) is 16.7 Å². The number of carbonyl (C=O) groups is 1. The Morgan fingerprint density at radius 2 is 2.04 bits per heavy atom. The molecule has 2 aromatic rings. The SMILES string of the molecule is CS(=O)c1ccc(NC(=O)NC2CCc3ccccc32)cc1F. The molecule has 0 saturated carbocycles. The minimum atomic E-state index is -1.39. The molecule has 1 aliphatic carbocycles. The molecule has 0 fully saturated rings. The van der Waals surface area contributed by atoms with Crippen molar-refractivity contribution in [2.75, 3.05) is 11.6 Å². The fourth-order valence-electron chi connectivity index (χ4n) is 2.84. The molecule has 2 amide bonds. The van der Waals surface area contributed by atoms with E-state index in [1.165, 1.54) is 24.0 Å². The Bertz CT molecular complexity index is 779. The molecule has 0 bridgehead atoms. The molecule has 0 saturated heterocycles. The highest BCUT2D eigenvalue weighted by Crippen LogP contribution is 2.30. The van der Waals surface area contributed by atoms with Crippen LogP contribution >= 0.6 is 0 Å². The minimum absolute atomic E-state index is 0.0292. The van der Waals surface area contributed by atoms with Crippen molar-refractivity contribution < 1.29 is 13.4 Å². The van der Waals surface area contributed by atoms with Crippen molar-refractivity contribution >= 4 is 22.5 Å². The van der Waals surface area contributed by atoms with Crippen LogP contribution in [0, 0.1) is 5.82 Å². The van der Waals surface area contributed by atoms with Gasteiger partial charge in [-0.2, -0.15) is 0 Å². The molecule has 2 N–H and O–H groups in total. The summed E-state index contributed by atoms with van der Waals surface area (Å²) in [4.78, 5) is 12.2. The normalized spacial score (nSPS) is 17.4. The zero-order valence-corrected chi connectivity index (χ0v) is 13.5. The third-order valence-corrected chi connectivity index (χ3v) is 4.89. The number of hydrogen-bond donors (Lipinski definition) is 2. The highest BCUT2D eigenvalue weighted by molar-refractivity contribution is 7.84. The van der Waals surface area contributed by atoms with Crippen LogP contribution in [-0.2, 0) is 17.2 Å². The van der Waals surface area contributed by atoms with Crippen LogP contribution in [-0.4, -0.2) is 16.5 Å². The van der Waals surface area contributed by atoms with E-state index < -0.39 is 16.6 Å². The smallest absolute Gasteiger partial charge is 0.319 e. The fraction of sp³-hybridized carbons (Fsp3) is 0.235. The van der Waals surface area contributed by atoms with E-state index in [9.17, 15) is 13.4 Å². The van der Waals surface area contributed by atoms with Gasteiger partial charge in [0.15, 0.2) is 0 Å². The topological polar surface area (TPSA) is 58.2 Å². The van der Waals surface area contributed by atoms with Crippen molar-refractivity contribution in [3.8, 4) is 0 Å². The molecule has 120 valence electrons. The van der Waals surface area contributed by atoms with E-state index in [0.29, 0.717) is 5.69 Å². The summed E-state index contributed by atoms with van der Waals surface area (Å²) in [7, 11) is -1.39. The van der Waals surface area contributed by atoms with Crippen molar-refractivity contribution in [2.24, 2.45) is 0 Å². The average Bonchev–Trinajstić information content (AvgIpc) is 2.90. The second-order valence-electron chi connectivity index (χ2n) is 5.49. The number of amides is 2. The van der Waals surface area contributed by atoms with Gasteiger partial charge in [-0.05, 0) is 42.2 Å². The van der Waals surface area contributed by atoms with Crippen molar-refractivity contribution in [3.05, 3.63) is 59.4 Å². The highest BCUT2D eigenvalue weighted by Gasteiger charge is 2.23. The number of hydrogen-bond acceptors (Lipinski definition) is 2. The molecule has 0 spiro atoms. The molecule has 2 unspecified atom stereocenters.